The molecule has 0 aromatic heterocycles. The number of hydrogen-bond donors (Lipinski definition) is 3. The Bertz CT molecular complexity index is 657. The van der Waals surface area contributed by atoms with Gasteiger partial charge in [0.05, 0.1) is 0 Å². The molecular weight excluding hydrogens is 297 g/mol. The number of aryl methyl sites for hydroxylation is 1. The summed E-state index contributed by atoms with van der Waals surface area (Å²) < 4.78 is 39.9. The summed E-state index contributed by atoms with van der Waals surface area (Å²) in [6.45, 7) is 1.75. The fourth-order valence-electron chi connectivity index (χ4n) is 1.81. The summed E-state index contributed by atoms with van der Waals surface area (Å²) in [5, 5.41) is 2.62. The molecule has 0 heterocycles. The molecule has 0 unspecified atom stereocenters. The van der Waals surface area contributed by atoms with E-state index < -0.39 is 20.7 Å². The second-order valence-electron chi connectivity index (χ2n) is 5.10. The van der Waals surface area contributed by atoms with Gasteiger partial charge in [-0.2, -0.15) is 0 Å². The quantitative estimate of drug-likeness (QED) is 0.526. The first-order valence-corrected chi connectivity index (χ1v) is 8.12. The number of carbonyl (C=O) groups is 1. The van der Waals surface area contributed by atoms with E-state index in [-0.39, 0.29) is 30.6 Å². The molecule has 0 atom stereocenters. The highest BCUT2D eigenvalue weighted by molar-refractivity contribution is 7.89. The number of anilines is 1. The van der Waals surface area contributed by atoms with E-state index in [9.17, 15) is 17.6 Å². The monoisotopic (exact) mass is 315 g/mol. The summed E-state index contributed by atoms with van der Waals surface area (Å²) in [7, 11) is -3.99. The first-order valence-electron chi connectivity index (χ1n) is 6.64. The van der Waals surface area contributed by atoms with E-state index in [1.54, 1.807) is 6.92 Å². The van der Waals surface area contributed by atoms with Crippen molar-refractivity contribution in [3.63, 3.8) is 0 Å². The van der Waals surface area contributed by atoms with Crippen molar-refractivity contribution >= 4 is 21.6 Å². The minimum absolute atomic E-state index is 0.00594. The zero-order valence-corrected chi connectivity index (χ0v) is 12.5. The molecular formula is C13H18FN3O3S. The van der Waals surface area contributed by atoms with Crippen LogP contribution >= 0.6 is 0 Å². The lowest BCUT2D eigenvalue weighted by molar-refractivity contribution is -0.122. The number of carbonyl (C=O) groups excluding carboxylic acids is 1. The molecule has 0 bridgehead atoms. The Morgan fingerprint density at radius 1 is 1.38 bits per heavy atom. The van der Waals surface area contributed by atoms with Crippen LogP contribution in [-0.4, -0.2) is 27.4 Å². The van der Waals surface area contributed by atoms with Gasteiger partial charge >= 0.3 is 0 Å². The topological polar surface area (TPSA) is 101 Å². The summed E-state index contributed by atoms with van der Waals surface area (Å²) in [4.78, 5) is 10.9. The molecule has 116 valence electrons. The molecule has 0 aliphatic heterocycles. The van der Waals surface area contributed by atoms with Crippen LogP contribution in [0.5, 0.6) is 0 Å². The smallest absolute Gasteiger partial charge is 0.243 e. The largest absolute Gasteiger partial charge is 0.398 e. The third kappa shape index (κ3) is 3.92. The van der Waals surface area contributed by atoms with Crippen LogP contribution < -0.4 is 15.8 Å². The van der Waals surface area contributed by atoms with Crippen LogP contribution in [0.4, 0.5) is 10.1 Å². The van der Waals surface area contributed by atoms with E-state index in [2.05, 4.69) is 10.0 Å². The summed E-state index contributed by atoms with van der Waals surface area (Å²) >= 11 is 0. The van der Waals surface area contributed by atoms with E-state index in [0.717, 1.165) is 25.0 Å². The van der Waals surface area contributed by atoms with E-state index in [1.165, 1.54) is 0 Å². The highest BCUT2D eigenvalue weighted by Crippen LogP contribution is 2.28. The van der Waals surface area contributed by atoms with Gasteiger partial charge in [0.25, 0.3) is 0 Å². The molecule has 1 aliphatic carbocycles. The lowest BCUT2D eigenvalue weighted by atomic mass is 10.2. The van der Waals surface area contributed by atoms with Crippen molar-refractivity contribution in [3.05, 3.63) is 23.5 Å². The van der Waals surface area contributed by atoms with Gasteiger partial charge in [-0.15, -0.1) is 0 Å². The molecule has 4 N–H and O–H groups in total. The number of rotatable bonds is 6. The molecule has 1 aromatic carbocycles. The highest BCUT2D eigenvalue weighted by Gasteiger charge is 2.29. The van der Waals surface area contributed by atoms with Crippen LogP contribution in [0, 0.1) is 18.7 Å². The summed E-state index contributed by atoms with van der Waals surface area (Å²) in [5.74, 6) is -0.855. The average molecular weight is 315 g/mol. The maximum Gasteiger partial charge on any atom is 0.243 e. The average Bonchev–Trinajstić information content (AvgIpc) is 3.23. The molecule has 1 aromatic rings. The van der Waals surface area contributed by atoms with Crippen molar-refractivity contribution in [2.24, 2.45) is 5.92 Å². The fourth-order valence-corrected chi connectivity index (χ4v) is 2.94. The Morgan fingerprint density at radius 2 is 2.05 bits per heavy atom. The van der Waals surface area contributed by atoms with E-state index in [1.807, 2.05) is 0 Å². The SMILES string of the molecule is Cc1cc(F)c(S(=O)(=O)NCCNC(=O)C2CC2)cc1N. The Labute approximate surface area is 123 Å². The Hall–Kier alpha value is -1.67. The Morgan fingerprint density at radius 3 is 2.67 bits per heavy atom. The van der Waals surface area contributed by atoms with Gasteiger partial charge in [0.2, 0.25) is 15.9 Å². The third-order valence-corrected chi connectivity index (χ3v) is 4.75. The number of hydrogen-bond acceptors (Lipinski definition) is 4. The number of nitrogens with two attached hydrogens (primary N) is 1. The predicted octanol–water partition coefficient (Wildman–Crippen LogP) is 0.521. The molecule has 0 spiro atoms. The first-order chi connectivity index (χ1) is 9.81. The number of benzene rings is 1. The van der Waals surface area contributed by atoms with Crippen molar-refractivity contribution in [1.29, 1.82) is 0 Å². The van der Waals surface area contributed by atoms with Crippen molar-refractivity contribution in [2.75, 3.05) is 18.8 Å². The second kappa shape index (κ2) is 5.98. The summed E-state index contributed by atoms with van der Waals surface area (Å²) in [6, 6.07) is 2.18. The van der Waals surface area contributed by atoms with Crippen LogP contribution in [0.2, 0.25) is 0 Å². The number of amides is 1. The normalized spacial score (nSPS) is 15.0. The van der Waals surface area contributed by atoms with Crippen LogP contribution in [0.25, 0.3) is 0 Å². The Balaban J connectivity index is 1.95. The zero-order chi connectivity index (χ0) is 15.6. The minimum Gasteiger partial charge on any atom is -0.398 e. The van der Waals surface area contributed by atoms with Crippen LogP contribution in [0.3, 0.4) is 0 Å². The maximum atomic E-state index is 13.7. The van der Waals surface area contributed by atoms with Gasteiger partial charge in [-0.3, -0.25) is 4.79 Å². The fraction of sp³-hybridized carbons (Fsp3) is 0.462. The maximum absolute atomic E-state index is 13.7. The molecule has 21 heavy (non-hydrogen) atoms. The van der Waals surface area contributed by atoms with Gasteiger partial charge in [0, 0.05) is 24.7 Å². The summed E-state index contributed by atoms with van der Waals surface area (Å²) in [6.07, 6.45) is 1.76. The number of nitrogens with one attached hydrogen (secondary N) is 2. The zero-order valence-electron chi connectivity index (χ0n) is 11.6. The highest BCUT2D eigenvalue weighted by atomic mass is 32.2. The molecule has 1 aliphatic rings. The van der Waals surface area contributed by atoms with Gasteiger partial charge in [0.1, 0.15) is 10.7 Å². The van der Waals surface area contributed by atoms with Gasteiger partial charge in [-0.1, -0.05) is 0 Å². The van der Waals surface area contributed by atoms with Gasteiger partial charge < -0.3 is 11.1 Å². The minimum atomic E-state index is -3.99. The third-order valence-electron chi connectivity index (χ3n) is 3.27. The predicted molar refractivity (Wildman–Crippen MR) is 76.5 cm³/mol. The van der Waals surface area contributed by atoms with E-state index in [0.29, 0.717) is 5.56 Å². The molecule has 6 nitrogen and oxygen atoms in total. The molecule has 2 rings (SSSR count). The molecule has 8 heteroatoms. The van der Waals surface area contributed by atoms with Crippen LogP contribution in [-0.2, 0) is 14.8 Å². The molecule has 1 fully saturated rings. The first kappa shape index (κ1) is 15.7. The molecule has 1 amide bonds. The summed E-state index contributed by atoms with van der Waals surface area (Å²) in [5.41, 5.74) is 6.29. The van der Waals surface area contributed by atoms with Crippen molar-refractivity contribution in [1.82, 2.24) is 10.0 Å². The van der Waals surface area contributed by atoms with Crippen LogP contribution in [0.1, 0.15) is 18.4 Å². The molecule has 1 saturated carbocycles. The Kier molecular flexibility index (Phi) is 4.48. The van der Waals surface area contributed by atoms with Crippen molar-refractivity contribution < 1.29 is 17.6 Å². The van der Waals surface area contributed by atoms with Crippen molar-refractivity contribution in [3.8, 4) is 0 Å². The van der Waals surface area contributed by atoms with Gasteiger partial charge in [-0.25, -0.2) is 17.5 Å². The van der Waals surface area contributed by atoms with Gasteiger partial charge in [-0.05, 0) is 37.5 Å². The number of nitrogen functional groups attached to an aromatic ring is 1. The molecule has 0 saturated heterocycles. The number of halogens is 1. The van der Waals surface area contributed by atoms with Crippen LogP contribution in [0.15, 0.2) is 17.0 Å². The molecule has 0 radical (unpaired) electrons. The van der Waals surface area contributed by atoms with E-state index >= 15 is 0 Å². The van der Waals surface area contributed by atoms with Gasteiger partial charge in [0.15, 0.2) is 0 Å². The number of sulfonamides is 1. The standard InChI is InChI=1S/C13H18FN3O3S/c1-8-6-10(14)12(7-11(8)15)21(19,20)17-5-4-16-13(18)9-2-3-9/h6-7,9,17H,2-5,15H2,1H3,(H,16,18). The van der Waals surface area contributed by atoms with E-state index in [4.69, 9.17) is 5.73 Å². The van der Waals surface area contributed by atoms with Crippen molar-refractivity contribution in [2.45, 2.75) is 24.7 Å². The second-order valence-corrected chi connectivity index (χ2v) is 6.84. The lowest BCUT2D eigenvalue weighted by Crippen LogP contribution is -2.35. The lowest BCUT2D eigenvalue weighted by Gasteiger charge is -2.10.